The number of fused-ring (bicyclic) bond motifs is 1. The smallest absolute Gasteiger partial charge is 0.377 e. The number of nitrogens with zero attached hydrogens (tertiary/aromatic N) is 4. The molecule has 1 saturated heterocycles. The van der Waals surface area contributed by atoms with Crippen LogP contribution in [-0.4, -0.2) is 70.5 Å². The van der Waals surface area contributed by atoms with E-state index in [-0.39, 0.29) is 17.4 Å². The highest BCUT2D eigenvalue weighted by Gasteiger charge is 2.48. The average molecular weight is 540 g/mol. The Hall–Kier alpha value is -4.12. The number of hydrogen-bond acceptors (Lipinski definition) is 6. The van der Waals surface area contributed by atoms with Gasteiger partial charge in [-0.15, -0.1) is 0 Å². The van der Waals surface area contributed by atoms with Gasteiger partial charge in [0.25, 0.3) is 0 Å². The van der Waals surface area contributed by atoms with Gasteiger partial charge in [0, 0.05) is 32.7 Å². The molecule has 1 N–H and O–H groups in total. The molecule has 3 heterocycles. The van der Waals surface area contributed by atoms with E-state index < -0.39 is 41.7 Å². The van der Waals surface area contributed by atoms with Crippen molar-refractivity contribution in [3.63, 3.8) is 0 Å². The van der Waals surface area contributed by atoms with E-state index in [1.165, 1.54) is 0 Å². The van der Waals surface area contributed by atoms with E-state index in [1.54, 1.807) is 18.4 Å². The Morgan fingerprint density at radius 1 is 0.974 bits per heavy atom. The Kier molecular flexibility index (Phi) is 7.42. The number of nitro groups is 1. The second-order valence-corrected chi connectivity index (χ2v) is 9.61. The van der Waals surface area contributed by atoms with Gasteiger partial charge in [0.15, 0.2) is 0 Å². The van der Waals surface area contributed by atoms with E-state index >= 15 is 0 Å². The molecule has 0 bridgehead atoms. The van der Waals surface area contributed by atoms with Crippen molar-refractivity contribution >= 4 is 5.91 Å². The quantitative estimate of drug-likeness (QED) is 0.423. The topological polar surface area (TPSA) is 82.0 Å². The van der Waals surface area contributed by atoms with Crippen LogP contribution in [0.5, 0.6) is 0 Å². The number of alkyl halides is 3. The van der Waals surface area contributed by atoms with Crippen LogP contribution in [0, 0.1) is 10.1 Å². The highest BCUT2D eigenvalue weighted by Crippen LogP contribution is 2.35. The number of nitrogens with one attached hydrogen (secondary N) is 1. The van der Waals surface area contributed by atoms with E-state index in [2.05, 4.69) is 34.5 Å². The van der Waals surface area contributed by atoms with Crippen molar-refractivity contribution in [2.75, 3.05) is 32.7 Å². The fourth-order valence-corrected chi connectivity index (χ4v) is 5.52. The molecule has 39 heavy (non-hydrogen) atoms. The van der Waals surface area contributed by atoms with Gasteiger partial charge in [-0.2, -0.15) is 13.2 Å². The van der Waals surface area contributed by atoms with Gasteiger partial charge < -0.3 is 15.1 Å². The summed E-state index contributed by atoms with van der Waals surface area (Å²) in [7, 11) is 0. The molecule has 8 nitrogen and oxygen atoms in total. The van der Waals surface area contributed by atoms with Crippen LogP contribution in [0.4, 0.5) is 13.2 Å². The van der Waals surface area contributed by atoms with Gasteiger partial charge in [-0.3, -0.25) is 19.8 Å². The Labute approximate surface area is 223 Å². The van der Waals surface area contributed by atoms with Crippen LogP contribution in [0.25, 0.3) is 0 Å². The molecule has 2 aromatic carbocycles. The first-order chi connectivity index (χ1) is 18.7. The van der Waals surface area contributed by atoms with Crippen molar-refractivity contribution in [2.24, 2.45) is 0 Å². The zero-order chi connectivity index (χ0) is 27.6. The highest BCUT2D eigenvalue weighted by molar-refractivity contribution is 5.95. The Morgan fingerprint density at radius 2 is 1.56 bits per heavy atom. The van der Waals surface area contributed by atoms with Crippen LogP contribution in [0.3, 0.4) is 0 Å². The first-order valence-corrected chi connectivity index (χ1v) is 12.7. The number of carbonyl (C=O) groups is 1. The van der Waals surface area contributed by atoms with Crippen molar-refractivity contribution in [3.8, 4) is 0 Å². The SMILES string of the molecule is O=C1C([N+](=O)[O-])=C(N2CCN(C(c3ccccc3)c3ccccc3)CC2)C2NC=CC=C2N1CCC(F)(F)F. The van der Waals surface area contributed by atoms with E-state index in [1.807, 2.05) is 41.3 Å². The van der Waals surface area contributed by atoms with Crippen molar-refractivity contribution in [2.45, 2.75) is 24.7 Å². The summed E-state index contributed by atoms with van der Waals surface area (Å²) in [5.74, 6) is -1.02. The predicted molar refractivity (Wildman–Crippen MR) is 138 cm³/mol. The Morgan fingerprint density at radius 3 is 2.10 bits per heavy atom. The van der Waals surface area contributed by atoms with Gasteiger partial charge in [-0.25, -0.2) is 0 Å². The van der Waals surface area contributed by atoms with E-state index in [9.17, 15) is 28.1 Å². The van der Waals surface area contributed by atoms with Crippen LogP contribution < -0.4 is 5.32 Å². The summed E-state index contributed by atoms with van der Waals surface area (Å²) in [6.07, 6.45) is -1.05. The second-order valence-electron chi connectivity index (χ2n) is 9.61. The van der Waals surface area contributed by atoms with Crippen LogP contribution in [0.1, 0.15) is 23.6 Å². The fourth-order valence-electron chi connectivity index (χ4n) is 5.52. The zero-order valence-electron chi connectivity index (χ0n) is 21.1. The van der Waals surface area contributed by atoms with Crippen LogP contribution in [0.15, 0.2) is 96.1 Å². The summed E-state index contributed by atoms with van der Waals surface area (Å²) in [6.45, 7) is 1.27. The summed E-state index contributed by atoms with van der Waals surface area (Å²) >= 11 is 0. The van der Waals surface area contributed by atoms with Crippen LogP contribution in [-0.2, 0) is 4.79 Å². The molecule has 0 radical (unpaired) electrons. The standard InChI is InChI=1S/C28H28F3N5O3/c29-28(30,31)13-15-35-22-12-7-14-32-23(22)25(26(27(35)37)36(38)39)34-18-16-33(17-19-34)24(20-8-3-1-4-9-20)21-10-5-2-6-11-21/h1-12,14,23-24,32H,13,15-19H2. The van der Waals surface area contributed by atoms with Crippen molar-refractivity contribution in [3.05, 3.63) is 117 Å². The number of carbonyl (C=O) groups excluding carboxylic acids is 1. The third kappa shape index (κ3) is 5.53. The molecule has 0 saturated carbocycles. The molecule has 1 fully saturated rings. The molecule has 11 heteroatoms. The summed E-state index contributed by atoms with van der Waals surface area (Å²) in [5, 5.41) is 15.2. The first-order valence-electron chi connectivity index (χ1n) is 12.7. The van der Waals surface area contributed by atoms with Crippen molar-refractivity contribution in [1.29, 1.82) is 0 Å². The minimum atomic E-state index is -4.50. The first kappa shape index (κ1) is 26.5. The number of halogens is 3. The van der Waals surface area contributed by atoms with Gasteiger partial charge in [0.05, 0.1) is 23.1 Å². The highest BCUT2D eigenvalue weighted by atomic mass is 19.4. The summed E-state index contributed by atoms with van der Waals surface area (Å²) < 4.78 is 39.0. The third-order valence-electron chi connectivity index (χ3n) is 7.25. The molecule has 204 valence electrons. The lowest BCUT2D eigenvalue weighted by Crippen LogP contribution is -2.56. The molecule has 0 spiro atoms. The van der Waals surface area contributed by atoms with Gasteiger partial charge >= 0.3 is 17.8 Å². The predicted octanol–water partition coefficient (Wildman–Crippen LogP) is 4.05. The molecular formula is C28H28F3N5O3. The number of amides is 1. The minimum Gasteiger partial charge on any atom is -0.377 e. The minimum absolute atomic E-state index is 0.0180. The lowest BCUT2D eigenvalue weighted by Gasteiger charge is -2.45. The third-order valence-corrected chi connectivity index (χ3v) is 7.25. The number of rotatable bonds is 7. The molecule has 3 aliphatic rings. The zero-order valence-corrected chi connectivity index (χ0v) is 21.1. The Bertz CT molecular complexity index is 1260. The normalized spacial score (nSPS) is 20.2. The van der Waals surface area contributed by atoms with Crippen LogP contribution >= 0.6 is 0 Å². The van der Waals surface area contributed by atoms with Crippen molar-refractivity contribution < 1.29 is 22.9 Å². The number of piperazine rings is 1. The molecule has 3 aliphatic heterocycles. The maximum atomic E-state index is 13.3. The molecular weight excluding hydrogens is 511 g/mol. The molecule has 0 aromatic heterocycles. The number of allylic oxidation sites excluding steroid dienone is 2. The molecule has 1 atom stereocenters. The van der Waals surface area contributed by atoms with Gasteiger partial charge in [-0.05, 0) is 29.5 Å². The largest absolute Gasteiger partial charge is 0.390 e. The number of hydrogen-bond donors (Lipinski definition) is 1. The molecule has 1 amide bonds. The summed E-state index contributed by atoms with van der Waals surface area (Å²) in [6, 6.07) is 19.4. The molecule has 1 unspecified atom stereocenters. The van der Waals surface area contributed by atoms with E-state index in [0.717, 1.165) is 16.0 Å². The summed E-state index contributed by atoms with van der Waals surface area (Å²) in [4.78, 5) is 29.7. The van der Waals surface area contributed by atoms with Crippen molar-refractivity contribution in [1.82, 2.24) is 20.0 Å². The maximum absolute atomic E-state index is 13.3. The molecule has 5 rings (SSSR count). The van der Waals surface area contributed by atoms with Gasteiger partial charge in [-0.1, -0.05) is 60.7 Å². The monoisotopic (exact) mass is 539 g/mol. The lowest BCUT2D eigenvalue weighted by atomic mass is 9.95. The Balaban J connectivity index is 1.43. The van der Waals surface area contributed by atoms with E-state index in [0.29, 0.717) is 26.2 Å². The molecule has 2 aromatic rings. The number of dihydropyridines is 1. The van der Waals surface area contributed by atoms with Gasteiger partial charge in [0.2, 0.25) is 0 Å². The number of benzene rings is 2. The fraction of sp³-hybridized carbons (Fsp3) is 0.321. The maximum Gasteiger partial charge on any atom is 0.390 e. The summed E-state index contributed by atoms with van der Waals surface area (Å²) in [5.41, 5.74) is 2.04. The van der Waals surface area contributed by atoms with E-state index in [4.69, 9.17) is 0 Å². The van der Waals surface area contributed by atoms with Crippen LogP contribution in [0.2, 0.25) is 0 Å². The van der Waals surface area contributed by atoms with Gasteiger partial charge in [0.1, 0.15) is 11.7 Å². The molecule has 0 aliphatic carbocycles. The average Bonchev–Trinajstić information content (AvgIpc) is 2.93. The lowest BCUT2D eigenvalue weighted by molar-refractivity contribution is -0.423. The second kappa shape index (κ2) is 10.9.